The summed E-state index contributed by atoms with van der Waals surface area (Å²) in [6, 6.07) is 14.2. The second-order valence-electron chi connectivity index (χ2n) is 5.63. The van der Waals surface area contributed by atoms with Gasteiger partial charge in [-0.05, 0) is 29.8 Å². The molecule has 0 heterocycles. The molecule has 0 fully saturated rings. The number of primary sulfonamides is 1. The van der Waals surface area contributed by atoms with E-state index in [-0.39, 0.29) is 18.0 Å². The van der Waals surface area contributed by atoms with Gasteiger partial charge in [-0.2, -0.15) is 4.31 Å². The Morgan fingerprint density at radius 2 is 1.58 bits per heavy atom. The van der Waals surface area contributed by atoms with Crippen LogP contribution in [0.3, 0.4) is 0 Å². The predicted octanol–water partition coefficient (Wildman–Crippen LogP) is 0.734. The summed E-state index contributed by atoms with van der Waals surface area (Å²) >= 11 is 0. The molecule has 0 atom stereocenters. The van der Waals surface area contributed by atoms with Crippen LogP contribution >= 0.6 is 0 Å². The van der Waals surface area contributed by atoms with Crippen LogP contribution in [0.5, 0.6) is 0 Å². The highest BCUT2D eigenvalue weighted by Crippen LogP contribution is 2.13. The van der Waals surface area contributed by atoms with Gasteiger partial charge in [-0.1, -0.05) is 30.3 Å². The molecule has 1 amide bonds. The van der Waals surface area contributed by atoms with Crippen LogP contribution < -0.4 is 10.5 Å². The Balaban J connectivity index is 2.07. The number of anilines is 1. The number of hydrogen-bond donors (Lipinski definition) is 2. The Morgan fingerprint density at radius 3 is 2.08 bits per heavy atom. The van der Waals surface area contributed by atoms with E-state index in [2.05, 4.69) is 5.32 Å². The Kier molecular flexibility index (Phi) is 6.13. The normalized spacial score (nSPS) is 12.1. The fourth-order valence-corrected chi connectivity index (χ4v) is 3.42. The van der Waals surface area contributed by atoms with Gasteiger partial charge in [0.1, 0.15) is 0 Å². The van der Waals surface area contributed by atoms with Crippen LogP contribution in [0.25, 0.3) is 0 Å². The van der Waals surface area contributed by atoms with Crippen LogP contribution in [-0.4, -0.2) is 39.8 Å². The van der Waals surface area contributed by atoms with Gasteiger partial charge in [-0.3, -0.25) is 4.79 Å². The topological polar surface area (TPSA) is 127 Å². The first-order valence-corrected chi connectivity index (χ1v) is 10.9. The molecule has 2 rings (SSSR count). The van der Waals surface area contributed by atoms with Crippen molar-refractivity contribution in [2.24, 2.45) is 5.14 Å². The first kappa shape index (κ1) is 20.0. The maximum absolute atomic E-state index is 12.2. The molecular formula is C16H19N3O5S2. The second-order valence-corrected chi connectivity index (χ2v) is 9.18. The summed E-state index contributed by atoms with van der Waals surface area (Å²) in [6.45, 7) is -0.303. The van der Waals surface area contributed by atoms with Crippen molar-refractivity contribution in [2.45, 2.75) is 11.4 Å². The van der Waals surface area contributed by atoms with Gasteiger partial charge in [-0.25, -0.2) is 22.0 Å². The molecule has 0 radical (unpaired) electrons. The summed E-state index contributed by atoms with van der Waals surface area (Å²) in [6.07, 6.45) is 1.03. The molecule has 0 saturated heterocycles. The van der Waals surface area contributed by atoms with Crippen LogP contribution in [0.4, 0.5) is 5.69 Å². The summed E-state index contributed by atoms with van der Waals surface area (Å²) in [5, 5.41) is 7.53. The van der Waals surface area contributed by atoms with Crippen LogP contribution in [-0.2, 0) is 31.4 Å². The average Bonchev–Trinajstić information content (AvgIpc) is 2.54. The lowest BCUT2D eigenvalue weighted by Crippen LogP contribution is -2.36. The largest absolute Gasteiger partial charge is 0.325 e. The van der Waals surface area contributed by atoms with Crippen molar-refractivity contribution in [3.8, 4) is 0 Å². The van der Waals surface area contributed by atoms with Crippen molar-refractivity contribution in [1.29, 1.82) is 0 Å². The maximum Gasteiger partial charge on any atom is 0.239 e. The average molecular weight is 397 g/mol. The molecule has 26 heavy (non-hydrogen) atoms. The van der Waals surface area contributed by atoms with Crippen molar-refractivity contribution in [3.63, 3.8) is 0 Å². The van der Waals surface area contributed by atoms with Crippen LogP contribution in [0.1, 0.15) is 5.56 Å². The summed E-state index contributed by atoms with van der Waals surface area (Å²) < 4.78 is 47.4. The van der Waals surface area contributed by atoms with Gasteiger partial charge in [0, 0.05) is 12.2 Å². The minimum Gasteiger partial charge on any atom is -0.325 e. The highest BCUT2D eigenvalue weighted by Gasteiger charge is 2.20. The molecule has 10 heteroatoms. The standard InChI is InChI=1S/C16H19N3O5S2/c1-25(21,22)19(11-13-5-3-2-4-6-13)12-16(20)18-14-7-9-15(10-8-14)26(17,23)24/h2-10H,11-12H2,1H3,(H,18,20)(H2,17,23,24). The van der Waals surface area contributed by atoms with Gasteiger partial charge in [0.25, 0.3) is 0 Å². The summed E-state index contributed by atoms with van der Waals surface area (Å²) in [5.41, 5.74) is 1.08. The van der Waals surface area contributed by atoms with Gasteiger partial charge in [0.05, 0.1) is 17.7 Å². The molecule has 2 aromatic rings. The van der Waals surface area contributed by atoms with Crippen molar-refractivity contribution >= 4 is 31.6 Å². The number of benzene rings is 2. The van der Waals surface area contributed by atoms with Crippen molar-refractivity contribution in [1.82, 2.24) is 4.31 Å². The minimum atomic E-state index is -3.82. The molecule has 0 saturated carbocycles. The Labute approximate surface area is 152 Å². The molecule has 0 aromatic heterocycles. The number of nitrogens with two attached hydrogens (primary N) is 1. The molecule has 3 N–H and O–H groups in total. The van der Waals surface area contributed by atoms with E-state index in [0.717, 1.165) is 16.1 Å². The van der Waals surface area contributed by atoms with E-state index >= 15 is 0 Å². The van der Waals surface area contributed by atoms with E-state index in [4.69, 9.17) is 5.14 Å². The lowest BCUT2D eigenvalue weighted by molar-refractivity contribution is -0.116. The third-order valence-corrected chi connectivity index (χ3v) is 5.58. The lowest BCUT2D eigenvalue weighted by Gasteiger charge is -2.19. The quantitative estimate of drug-likeness (QED) is 0.712. The number of hydrogen-bond acceptors (Lipinski definition) is 5. The molecule has 0 unspecified atom stereocenters. The lowest BCUT2D eigenvalue weighted by atomic mass is 10.2. The summed E-state index contributed by atoms with van der Waals surface area (Å²) in [7, 11) is -7.42. The zero-order valence-corrected chi connectivity index (χ0v) is 15.6. The molecule has 0 spiro atoms. The number of nitrogens with zero attached hydrogens (tertiary/aromatic N) is 1. The fraction of sp³-hybridized carbons (Fsp3) is 0.188. The Morgan fingerprint density at radius 1 is 1.00 bits per heavy atom. The van der Waals surface area contributed by atoms with Crippen LogP contribution in [0.15, 0.2) is 59.5 Å². The SMILES string of the molecule is CS(=O)(=O)N(CC(=O)Nc1ccc(S(N)(=O)=O)cc1)Cc1ccccc1. The van der Waals surface area contributed by atoms with E-state index in [0.29, 0.717) is 5.69 Å². The smallest absolute Gasteiger partial charge is 0.239 e. The number of carbonyl (C=O) groups is 1. The minimum absolute atomic E-state index is 0.0669. The Bertz CT molecular complexity index is 972. The third kappa shape index (κ3) is 5.92. The van der Waals surface area contributed by atoms with Gasteiger partial charge in [-0.15, -0.1) is 0 Å². The molecule has 2 aromatic carbocycles. The van der Waals surface area contributed by atoms with Gasteiger partial charge < -0.3 is 5.32 Å². The van der Waals surface area contributed by atoms with E-state index in [1.54, 1.807) is 24.3 Å². The predicted molar refractivity (Wildman–Crippen MR) is 98.1 cm³/mol. The van der Waals surface area contributed by atoms with Gasteiger partial charge in [0.15, 0.2) is 0 Å². The fourth-order valence-electron chi connectivity index (χ4n) is 2.17. The molecular weight excluding hydrogens is 378 g/mol. The molecule has 8 nitrogen and oxygen atoms in total. The molecule has 0 aliphatic rings. The van der Waals surface area contributed by atoms with Gasteiger partial charge in [0.2, 0.25) is 26.0 Å². The zero-order valence-electron chi connectivity index (χ0n) is 14.0. The molecule has 140 valence electrons. The number of carbonyl (C=O) groups excluding carboxylic acids is 1. The van der Waals surface area contributed by atoms with E-state index in [1.807, 2.05) is 6.07 Å². The van der Waals surface area contributed by atoms with E-state index in [9.17, 15) is 21.6 Å². The first-order chi connectivity index (χ1) is 12.1. The highest BCUT2D eigenvalue weighted by atomic mass is 32.2. The van der Waals surface area contributed by atoms with Crippen molar-refractivity contribution < 1.29 is 21.6 Å². The van der Waals surface area contributed by atoms with Gasteiger partial charge >= 0.3 is 0 Å². The number of rotatable bonds is 7. The number of sulfonamides is 2. The van der Waals surface area contributed by atoms with Crippen LogP contribution in [0, 0.1) is 0 Å². The molecule has 0 bridgehead atoms. The summed E-state index contributed by atoms with van der Waals surface area (Å²) in [4.78, 5) is 12.1. The first-order valence-electron chi connectivity index (χ1n) is 7.47. The van der Waals surface area contributed by atoms with Crippen LogP contribution in [0.2, 0.25) is 0 Å². The monoisotopic (exact) mass is 397 g/mol. The number of nitrogens with one attached hydrogen (secondary N) is 1. The third-order valence-electron chi connectivity index (χ3n) is 3.46. The highest BCUT2D eigenvalue weighted by molar-refractivity contribution is 7.89. The molecule has 0 aliphatic heterocycles. The Hall–Kier alpha value is -2.27. The van der Waals surface area contributed by atoms with E-state index in [1.165, 1.54) is 24.3 Å². The van der Waals surface area contributed by atoms with Crippen molar-refractivity contribution in [2.75, 3.05) is 18.1 Å². The second kappa shape index (κ2) is 7.96. The zero-order chi connectivity index (χ0) is 19.4. The molecule has 0 aliphatic carbocycles. The van der Waals surface area contributed by atoms with Crippen molar-refractivity contribution in [3.05, 3.63) is 60.2 Å². The maximum atomic E-state index is 12.2. The number of amides is 1. The van der Waals surface area contributed by atoms with E-state index < -0.39 is 26.0 Å². The summed E-state index contributed by atoms with van der Waals surface area (Å²) in [5.74, 6) is -0.547.